The van der Waals surface area contributed by atoms with E-state index in [-0.39, 0.29) is 11.3 Å². The van der Waals surface area contributed by atoms with Crippen molar-refractivity contribution in [3.63, 3.8) is 0 Å². The lowest BCUT2D eigenvalue weighted by atomic mass is 9.87. The molecule has 0 aliphatic heterocycles. The molecule has 1 heterocycles. The zero-order chi connectivity index (χ0) is 21.3. The van der Waals surface area contributed by atoms with Crippen LogP contribution in [0.3, 0.4) is 0 Å². The molecule has 3 aromatic carbocycles. The molecular weight excluding hydrogens is 376 g/mol. The number of anilines is 1. The molecular formula is C25H24N2O3. The molecule has 0 radical (unpaired) electrons. The van der Waals surface area contributed by atoms with Gasteiger partial charge in [-0.25, -0.2) is 4.98 Å². The van der Waals surface area contributed by atoms with Crippen molar-refractivity contribution in [1.29, 1.82) is 0 Å². The van der Waals surface area contributed by atoms with Crippen molar-refractivity contribution in [1.82, 2.24) is 4.98 Å². The Bertz CT molecular complexity index is 1180. The van der Waals surface area contributed by atoms with E-state index < -0.39 is 0 Å². The largest absolute Gasteiger partial charge is 0.497 e. The number of hydrogen-bond acceptors (Lipinski definition) is 4. The number of nitrogens with one attached hydrogen (secondary N) is 1. The van der Waals surface area contributed by atoms with Gasteiger partial charge in [0.15, 0.2) is 5.58 Å². The molecule has 152 valence electrons. The third kappa shape index (κ3) is 4.06. The Kier molecular flexibility index (Phi) is 5.04. The minimum atomic E-state index is -0.196. The first-order valence-corrected chi connectivity index (χ1v) is 9.80. The van der Waals surface area contributed by atoms with Crippen molar-refractivity contribution in [3.8, 4) is 17.2 Å². The highest BCUT2D eigenvalue weighted by Gasteiger charge is 2.15. The number of fused-ring (bicyclic) bond motifs is 1. The van der Waals surface area contributed by atoms with Crippen LogP contribution in [0.4, 0.5) is 5.69 Å². The molecule has 1 N–H and O–H groups in total. The van der Waals surface area contributed by atoms with Gasteiger partial charge in [-0.05, 0) is 65.6 Å². The summed E-state index contributed by atoms with van der Waals surface area (Å²) >= 11 is 0. The van der Waals surface area contributed by atoms with Gasteiger partial charge in [0.25, 0.3) is 5.91 Å². The molecule has 0 aliphatic carbocycles. The summed E-state index contributed by atoms with van der Waals surface area (Å²) in [7, 11) is 1.59. The summed E-state index contributed by atoms with van der Waals surface area (Å²) in [6.45, 7) is 6.55. The van der Waals surface area contributed by atoms with Crippen LogP contribution < -0.4 is 10.1 Å². The summed E-state index contributed by atoms with van der Waals surface area (Å²) in [4.78, 5) is 17.1. The number of aromatic nitrogens is 1. The van der Waals surface area contributed by atoms with Crippen LogP contribution >= 0.6 is 0 Å². The Balaban J connectivity index is 1.55. The van der Waals surface area contributed by atoms with E-state index >= 15 is 0 Å². The second-order valence-electron chi connectivity index (χ2n) is 8.21. The van der Waals surface area contributed by atoms with Crippen LogP contribution in [0, 0.1) is 0 Å². The number of ether oxygens (including phenoxy) is 1. The molecule has 5 heteroatoms. The summed E-state index contributed by atoms with van der Waals surface area (Å²) in [5, 5.41) is 2.90. The molecule has 0 spiro atoms. The molecule has 4 aromatic rings. The van der Waals surface area contributed by atoms with Gasteiger partial charge in [0, 0.05) is 16.8 Å². The fourth-order valence-electron chi connectivity index (χ4n) is 3.19. The lowest BCUT2D eigenvalue weighted by Crippen LogP contribution is -2.11. The highest BCUT2D eigenvalue weighted by Crippen LogP contribution is 2.29. The average Bonchev–Trinajstić information content (AvgIpc) is 3.16. The lowest BCUT2D eigenvalue weighted by Gasteiger charge is -2.18. The first-order chi connectivity index (χ1) is 14.3. The number of methoxy groups -OCH3 is 1. The molecule has 1 aromatic heterocycles. The highest BCUT2D eigenvalue weighted by molar-refractivity contribution is 6.05. The van der Waals surface area contributed by atoms with E-state index in [1.54, 1.807) is 37.4 Å². The molecule has 30 heavy (non-hydrogen) atoms. The minimum Gasteiger partial charge on any atom is -0.497 e. The van der Waals surface area contributed by atoms with Crippen LogP contribution in [-0.2, 0) is 5.41 Å². The molecule has 5 nitrogen and oxygen atoms in total. The first-order valence-electron chi connectivity index (χ1n) is 9.80. The Labute approximate surface area is 175 Å². The van der Waals surface area contributed by atoms with E-state index in [2.05, 4.69) is 43.2 Å². The van der Waals surface area contributed by atoms with Crippen LogP contribution in [0.25, 0.3) is 22.6 Å². The number of rotatable bonds is 4. The minimum absolute atomic E-state index is 0.0941. The zero-order valence-corrected chi connectivity index (χ0v) is 17.5. The normalized spacial score (nSPS) is 11.5. The van der Waals surface area contributed by atoms with Gasteiger partial charge in [-0.2, -0.15) is 0 Å². The van der Waals surface area contributed by atoms with Gasteiger partial charge in [-0.3, -0.25) is 4.79 Å². The second-order valence-corrected chi connectivity index (χ2v) is 8.21. The van der Waals surface area contributed by atoms with E-state index in [0.717, 1.165) is 5.56 Å². The Hall–Kier alpha value is -3.60. The number of amides is 1. The predicted octanol–water partition coefficient (Wildman–Crippen LogP) is 6.05. The average molecular weight is 400 g/mol. The van der Waals surface area contributed by atoms with Crippen molar-refractivity contribution in [2.45, 2.75) is 26.2 Å². The van der Waals surface area contributed by atoms with Crippen LogP contribution in [0.15, 0.2) is 71.1 Å². The lowest BCUT2D eigenvalue weighted by molar-refractivity contribution is 0.102. The molecule has 0 fully saturated rings. The number of oxazole rings is 1. The Morgan fingerprint density at radius 3 is 2.30 bits per heavy atom. The predicted molar refractivity (Wildman–Crippen MR) is 119 cm³/mol. The number of carbonyl (C=O) groups is 1. The maximum absolute atomic E-state index is 12.5. The molecule has 0 aliphatic rings. The van der Waals surface area contributed by atoms with Crippen LogP contribution in [0.5, 0.6) is 5.75 Å². The number of benzene rings is 3. The Morgan fingerprint density at radius 2 is 1.67 bits per heavy atom. The smallest absolute Gasteiger partial charge is 0.255 e. The third-order valence-electron chi connectivity index (χ3n) is 5.00. The maximum atomic E-state index is 12.5. The summed E-state index contributed by atoms with van der Waals surface area (Å²) < 4.78 is 11.0. The van der Waals surface area contributed by atoms with Crippen molar-refractivity contribution in [3.05, 3.63) is 77.9 Å². The fraction of sp³-hybridized carbons (Fsp3) is 0.200. The molecule has 0 saturated heterocycles. The summed E-state index contributed by atoms with van der Waals surface area (Å²) in [6.07, 6.45) is 0. The van der Waals surface area contributed by atoms with Gasteiger partial charge in [0.05, 0.1) is 7.11 Å². The fourth-order valence-corrected chi connectivity index (χ4v) is 3.19. The van der Waals surface area contributed by atoms with E-state index in [0.29, 0.717) is 34.0 Å². The molecule has 0 atom stereocenters. The number of nitrogens with zero attached hydrogens (tertiary/aromatic N) is 1. The third-order valence-corrected chi connectivity index (χ3v) is 5.00. The van der Waals surface area contributed by atoms with Gasteiger partial charge in [0.1, 0.15) is 11.3 Å². The maximum Gasteiger partial charge on any atom is 0.255 e. The monoisotopic (exact) mass is 400 g/mol. The van der Waals surface area contributed by atoms with Gasteiger partial charge >= 0.3 is 0 Å². The highest BCUT2D eigenvalue weighted by atomic mass is 16.5. The van der Waals surface area contributed by atoms with Crippen LogP contribution in [-0.4, -0.2) is 18.0 Å². The van der Waals surface area contributed by atoms with Crippen LogP contribution in [0.1, 0.15) is 36.7 Å². The number of carbonyl (C=O) groups excluding carboxylic acids is 1. The van der Waals surface area contributed by atoms with E-state index in [9.17, 15) is 4.79 Å². The van der Waals surface area contributed by atoms with Gasteiger partial charge in [-0.15, -0.1) is 0 Å². The van der Waals surface area contributed by atoms with Crippen molar-refractivity contribution >= 4 is 22.7 Å². The van der Waals surface area contributed by atoms with Gasteiger partial charge in [0.2, 0.25) is 5.89 Å². The molecule has 0 unspecified atom stereocenters. The SMILES string of the molecule is COc1ccc(C(=O)Nc2ccc3oc(-c4ccc(C(C)(C)C)cc4)nc3c2)cc1. The van der Waals surface area contributed by atoms with Crippen LogP contribution in [0.2, 0.25) is 0 Å². The van der Waals surface area contributed by atoms with E-state index in [1.807, 2.05) is 24.3 Å². The molecule has 1 amide bonds. The number of hydrogen-bond donors (Lipinski definition) is 1. The van der Waals surface area contributed by atoms with Crippen molar-refractivity contribution < 1.29 is 13.9 Å². The van der Waals surface area contributed by atoms with Crippen molar-refractivity contribution in [2.75, 3.05) is 12.4 Å². The van der Waals surface area contributed by atoms with Gasteiger partial charge in [-0.1, -0.05) is 32.9 Å². The van der Waals surface area contributed by atoms with Gasteiger partial charge < -0.3 is 14.5 Å². The molecule has 0 bridgehead atoms. The summed E-state index contributed by atoms with van der Waals surface area (Å²) in [6, 6.07) is 20.7. The topological polar surface area (TPSA) is 64.4 Å². The standard InChI is InChI=1S/C25H24N2O3/c1-25(2,3)18-9-5-17(6-10-18)24-27-21-15-19(11-14-22(21)30-24)26-23(28)16-7-12-20(29-4)13-8-16/h5-15H,1-4H3,(H,26,28). The first kappa shape index (κ1) is 19.7. The van der Waals surface area contributed by atoms with E-state index in [4.69, 9.17) is 9.15 Å². The molecule has 0 saturated carbocycles. The quantitative estimate of drug-likeness (QED) is 0.453. The zero-order valence-electron chi connectivity index (χ0n) is 17.5. The Morgan fingerprint density at radius 1 is 0.967 bits per heavy atom. The molecule has 4 rings (SSSR count). The second kappa shape index (κ2) is 7.67. The summed E-state index contributed by atoms with van der Waals surface area (Å²) in [5.41, 5.74) is 4.84. The van der Waals surface area contributed by atoms with E-state index in [1.165, 1.54) is 5.56 Å². The summed E-state index contributed by atoms with van der Waals surface area (Å²) in [5.74, 6) is 1.07. The van der Waals surface area contributed by atoms with Crippen molar-refractivity contribution in [2.24, 2.45) is 0 Å².